The van der Waals surface area contributed by atoms with Gasteiger partial charge in [-0.2, -0.15) is 0 Å². The van der Waals surface area contributed by atoms with Gasteiger partial charge in [-0.05, 0) is 25.0 Å². The molecule has 5 heteroatoms. The fourth-order valence-corrected chi connectivity index (χ4v) is 2.96. The molecular weight excluding hydrogens is 238 g/mol. The standard InChI is InChI=1S/C12H17NO3S/c1-9-3-4-10(2)11(7-9)8-17(15,16)6-5-12(13)14/h3-4,7H,5-6,8H2,1-2H3,(H2,13,14). The van der Waals surface area contributed by atoms with Gasteiger partial charge in [-0.3, -0.25) is 4.79 Å². The molecule has 0 spiro atoms. The Bertz CT molecular complexity index is 521. The van der Waals surface area contributed by atoms with Crippen LogP contribution in [0.5, 0.6) is 0 Å². The molecule has 0 radical (unpaired) electrons. The van der Waals surface area contributed by atoms with Crippen molar-refractivity contribution in [2.75, 3.05) is 5.75 Å². The number of rotatable bonds is 5. The minimum absolute atomic E-state index is 0.0339. The topological polar surface area (TPSA) is 77.2 Å². The second kappa shape index (κ2) is 5.31. The van der Waals surface area contributed by atoms with E-state index in [1.165, 1.54) is 0 Å². The third-order valence-electron chi connectivity index (χ3n) is 2.54. The van der Waals surface area contributed by atoms with Gasteiger partial charge in [0.05, 0.1) is 11.5 Å². The van der Waals surface area contributed by atoms with Crippen molar-refractivity contribution in [2.45, 2.75) is 26.0 Å². The Labute approximate surface area is 102 Å². The summed E-state index contributed by atoms with van der Waals surface area (Å²) in [5.74, 6) is -0.807. The summed E-state index contributed by atoms with van der Waals surface area (Å²) in [4.78, 5) is 10.6. The largest absolute Gasteiger partial charge is 0.370 e. The van der Waals surface area contributed by atoms with Crippen LogP contribution in [0.15, 0.2) is 18.2 Å². The summed E-state index contributed by atoms with van der Waals surface area (Å²) in [5, 5.41) is 0. The molecule has 2 N–H and O–H groups in total. The zero-order valence-electron chi connectivity index (χ0n) is 10.1. The monoisotopic (exact) mass is 255 g/mol. The molecule has 0 fully saturated rings. The number of amides is 1. The van der Waals surface area contributed by atoms with Crippen LogP contribution in [-0.2, 0) is 20.4 Å². The van der Waals surface area contributed by atoms with E-state index in [0.717, 1.165) is 16.7 Å². The second-order valence-corrected chi connectivity index (χ2v) is 6.42. The van der Waals surface area contributed by atoms with E-state index in [1.54, 1.807) is 0 Å². The fourth-order valence-electron chi connectivity index (χ4n) is 1.52. The number of primary amides is 1. The molecular formula is C12H17NO3S. The highest BCUT2D eigenvalue weighted by Gasteiger charge is 2.14. The third-order valence-corrected chi connectivity index (χ3v) is 4.12. The number of hydrogen-bond acceptors (Lipinski definition) is 3. The maximum Gasteiger partial charge on any atom is 0.218 e. The Hall–Kier alpha value is -1.36. The molecule has 0 saturated heterocycles. The number of carbonyl (C=O) groups excluding carboxylic acids is 1. The molecule has 1 rings (SSSR count). The van der Waals surface area contributed by atoms with Crippen molar-refractivity contribution in [3.8, 4) is 0 Å². The zero-order valence-corrected chi connectivity index (χ0v) is 10.9. The third kappa shape index (κ3) is 4.56. The molecule has 0 aliphatic carbocycles. The van der Waals surface area contributed by atoms with Gasteiger partial charge in [0.25, 0.3) is 0 Å². The molecule has 0 heterocycles. The number of hydrogen-bond donors (Lipinski definition) is 1. The zero-order chi connectivity index (χ0) is 13.1. The lowest BCUT2D eigenvalue weighted by Gasteiger charge is -2.07. The van der Waals surface area contributed by atoms with E-state index < -0.39 is 15.7 Å². The van der Waals surface area contributed by atoms with E-state index in [-0.39, 0.29) is 17.9 Å². The molecule has 0 atom stereocenters. The predicted molar refractivity (Wildman–Crippen MR) is 67.2 cm³/mol. The lowest BCUT2D eigenvalue weighted by atomic mass is 10.1. The average Bonchev–Trinajstić information content (AvgIpc) is 2.20. The smallest absolute Gasteiger partial charge is 0.218 e. The summed E-state index contributed by atoms with van der Waals surface area (Å²) in [5.41, 5.74) is 7.70. The number of nitrogens with two attached hydrogens (primary N) is 1. The Morgan fingerprint density at radius 2 is 1.94 bits per heavy atom. The predicted octanol–water partition coefficient (Wildman–Crippen LogP) is 1.09. The molecule has 1 amide bonds. The van der Waals surface area contributed by atoms with Crippen molar-refractivity contribution in [3.05, 3.63) is 34.9 Å². The second-order valence-electron chi connectivity index (χ2n) is 4.24. The van der Waals surface area contributed by atoms with Crippen molar-refractivity contribution in [1.82, 2.24) is 0 Å². The van der Waals surface area contributed by atoms with Gasteiger partial charge in [0.2, 0.25) is 5.91 Å². The Balaban J connectivity index is 2.83. The van der Waals surface area contributed by atoms with Crippen LogP contribution in [0, 0.1) is 13.8 Å². The first-order valence-corrected chi connectivity index (χ1v) is 7.17. The van der Waals surface area contributed by atoms with Crippen LogP contribution in [-0.4, -0.2) is 20.1 Å². The Morgan fingerprint density at radius 3 is 2.53 bits per heavy atom. The summed E-state index contributed by atoms with van der Waals surface area (Å²) < 4.78 is 23.5. The van der Waals surface area contributed by atoms with E-state index in [4.69, 9.17) is 5.73 Å². The Morgan fingerprint density at radius 1 is 1.29 bits per heavy atom. The highest BCUT2D eigenvalue weighted by molar-refractivity contribution is 7.90. The number of sulfone groups is 1. The molecule has 0 bridgehead atoms. The quantitative estimate of drug-likeness (QED) is 0.855. The minimum atomic E-state index is -3.27. The van der Waals surface area contributed by atoms with Gasteiger partial charge in [-0.1, -0.05) is 23.8 Å². The van der Waals surface area contributed by atoms with E-state index in [9.17, 15) is 13.2 Å². The van der Waals surface area contributed by atoms with Crippen LogP contribution >= 0.6 is 0 Å². The normalized spacial score (nSPS) is 11.4. The molecule has 0 saturated carbocycles. The van der Waals surface area contributed by atoms with E-state index in [0.29, 0.717) is 0 Å². The first-order valence-electron chi connectivity index (χ1n) is 5.35. The molecule has 1 aromatic rings. The van der Waals surface area contributed by atoms with E-state index in [2.05, 4.69) is 0 Å². The summed E-state index contributed by atoms with van der Waals surface area (Å²) >= 11 is 0. The summed E-state index contributed by atoms with van der Waals surface area (Å²) in [6.07, 6.45) is -0.118. The maximum absolute atomic E-state index is 11.8. The lowest BCUT2D eigenvalue weighted by molar-refractivity contribution is -0.117. The number of aryl methyl sites for hydroxylation is 2. The van der Waals surface area contributed by atoms with E-state index >= 15 is 0 Å². The molecule has 0 aliphatic rings. The maximum atomic E-state index is 11.8. The van der Waals surface area contributed by atoms with Crippen molar-refractivity contribution in [1.29, 1.82) is 0 Å². The van der Waals surface area contributed by atoms with Crippen molar-refractivity contribution in [3.63, 3.8) is 0 Å². The van der Waals surface area contributed by atoms with E-state index in [1.807, 2.05) is 32.0 Å². The van der Waals surface area contributed by atoms with Crippen LogP contribution < -0.4 is 5.73 Å². The van der Waals surface area contributed by atoms with Gasteiger partial charge >= 0.3 is 0 Å². The van der Waals surface area contributed by atoms with Crippen molar-refractivity contribution < 1.29 is 13.2 Å². The van der Waals surface area contributed by atoms with Crippen molar-refractivity contribution in [2.24, 2.45) is 5.73 Å². The van der Waals surface area contributed by atoms with Crippen LogP contribution in [0.3, 0.4) is 0 Å². The molecule has 4 nitrogen and oxygen atoms in total. The molecule has 0 aliphatic heterocycles. The van der Waals surface area contributed by atoms with Gasteiger partial charge in [-0.25, -0.2) is 8.42 Å². The van der Waals surface area contributed by atoms with Gasteiger partial charge in [-0.15, -0.1) is 0 Å². The minimum Gasteiger partial charge on any atom is -0.370 e. The number of benzene rings is 1. The van der Waals surface area contributed by atoms with Crippen molar-refractivity contribution >= 4 is 15.7 Å². The lowest BCUT2D eigenvalue weighted by Crippen LogP contribution is -2.18. The van der Waals surface area contributed by atoms with Gasteiger partial charge in [0.15, 0.2) is 9.84 Å². The fraction of sp³-hybridized carbons (Fsp3) is 0.417. The van der Waals surface area contributed by atoms with Crippen LogP contribution in [0.25, 0.3) is 0 Å². The molecule has 1 aromatic carbocycles. The first kappa shape index (κ1) is 13.7. The Kier molecular flexibility index (Phi) is 4.28. The number of carbonyl (C=O) groups is 1. The summed E-state index contributed by atoms with van der Waals surface area (Å²) in [7, 11) is -3.27. The molecule has 0 unspecified atom stereocenters. The molecule has 17 heavy (non-hydrogen) atoms. The van der Waals surface area contributed by atoms with Crippen LogP contribution in [0.2, 0.25) is 0 Å². The summed E-state index contributed by atoms with van der Waals surface area (Å²) in [6.45, 7) is 3.79. The average molecular weight is 255 g/mol. The van der Waals surface area contributed by atoms with Gasteiger partial charge < -0.3 is 5.73 Å². The highest BCUT2D eigenvalue weighted by Crippen LogP contribution is 2.14. The van der Waals surface area contributed by atoms with Crippen LogP contribution in [0.4, 0.5) is 0 Å². The van der Waals surface area contributed by atoms with Crippen LogP contribution in [0.1, 0.15) is 23.1 Å². The SMILES string of the molecule is Cc1ccc(C)c(CS(=O)(=O)CCC(N)=O)c1. The highest BCUT2D eigenvalue weighted by atomic mass is 32.2. The van der Waals surface area contributed by atoms with Gasteiger partial charge in [0.1, 0.15) is 0 Å². The first-order chi connectivity index (χ1) is 7.80. The summed E-state index contributed by atoms with van der Waals surface area (Å²) in [6, 6.07) is 5.69. The molecule has 0 aromatic heterocycles. The molecule has 94 valence electrons. The van der Waals surface area contributed by atoms with Gasteiger partial charge in [0, 0.05) is 6.42 Å².